The number of Topliss-reactive ketones (excluding diaryl/α,β-unsaturated/α-hetero) is 3. The normalized spacial score (nSPS) is 21.0. The van der Waals surface area contributed by atoms with Crippen LogP contribution in [0.1, 0.15) is 55.0 Å². The maximum Gasteiger partial charge on any atom is 0.269 e. The fraction of sp³-hybridized carbons (Fsp3) is 0.171. The number of hydrogen-bond donors (Lipinski definition) is 0. The third-order valence-corrected chi connectivity index (χ3v) is 8.90. The first-order chi connectivity index (χ1) is 20.9. The summed E-state index contributed by atoms with van der Waals surface area (Å²) >= 11 is 0. The smallest absolute Gasteiger partial charge is 0.269 e. The summed E-state index contributed by atoms with van der Waals surface area (Å²) in [6.45, 7) is 2.19. The lowest BCUT2D eigenvalue weighted by Gasteiger charge is -2.37. The molecule has 1 aliphatic carbocycles. The number of para-hydroxylation sites is 2. The van der Waals surface area contributed by atoms with Crippen molar-refractivity contribution in [2.24, 2.45) is 5.41 Å². The number of carbonyl (C=O) groups excluding carboxylic acids is 3. The van der Waals surface area contributed by atoms with Crippen molar-refractivity contribution >= 4 is 34.8 Å². The molecule has 3 aliphatic rings. The van der Waals surface area contributed by atoms with Gasteiger partial charge in [-0.3, -0.25) is 24.5 Å². The molecule has 8 heteroatoms. The molecular weight excluding hydrogens is 544 g/mol. The van der Waals surface area contributed by atoms with E-state index in [2.05, 4.69) is 0 Å². The van der Waals surface area contributed by atoms with Gasteiger partial charge in [-0.05, 0) is 36.8 Å². The van der Waals surface area contributed by atoms with Crippen molar-refractivity contribution in [3.05, 3.63) is 141 Å². The number of anilines is 1. The highest BCUT2D eigenvalue weighted by Crippen LogP contribution is 2.62. The van der Waals surface area contributed by atoms with Gasteiger partial charge in [-0.25, -0.2) is 0 Å². The van der Waals surface area contributed by atoms with E-state index < -0.39 is 28.3 Å². The molecule has 0 unspecified atom stereocenters. The summed E-state index contributed by atoms with van der Waals surface area (Å²) in [6.07, 6.45) is 3.77. The van der Waals surface area contributed by atoms with Gasteiger partial charge in [-0.2, -0.15) is 0 Å². The Hall–Kier alpha value is -5.37. The minimum absolute atomic E-state index is 0.140. The molecule has 1 saturated heterocycles. The molecule has 1 fully saturated rings. The Bertz CT molecular complexity index is 1830. The Morgan fingerprint density at radius 3 is 2.19 bits per heavy atom. The van der Waals surface area contributed by atoms with E-state index in [0.29, 0.717) is 29.0 Å². The van der Waals surface area contributed by atoms with Gasteiger partial charge in [0.25, 0.3) is 5.69 Å². The van der Waals surface area contributed by atoms with Gasteiger partial charge in [0.15, 0.2) is 17.3 Å². The Balaban J connectivity index is 1.54. The molecule has 0 amide bonds. The minimum atomic E-state index is -1.66. The van der Waals surface area contributed by atoms with Crippen molar-refractivity contribution in [2.45, 2.75) is 24.9 Å². The summed E-state index contributed by atoms with van der Waals surface area (Å²) in [6, 6.07) is 25.3. The molecule has 7 rings (SSSR count). The molecule has 0 radical (unpaired) electrons. The lowest BCUT2D eigenvalue weighted by molar-refractivity contribution is -0.384. The van der Waals surface area contributed by atoms with E-state index in [9.17, 15) is 24.5 Å². The number of ketones is 3. The number of nitro groups is 1. The van der Waals surface area contributed by atoms with Crippen molar-refractivity contribution in [2.75, 3.05) is 11.5 Å². The monoisotopic (exact) mass is 570 g/mol. The van der Waals surface area contributed by atoms with E-state index >= 15 is 0 Å². The fourth-order valence-corrected chi connectivity index (χ4v) is 7.20. The molecule has 4 aromatic rings. The number of rotatable bonds is 6. The summed E-state index contributed by atoms with van der Waals surface area (Å²) in [7, 11) is 0. The number of non-ortho nitro benzene ring substituents is 1. The standard InChI is InChI=1S/C35H26N2O6/c1-2-43-28-14-8-6-12-26(28)30-31(32(38)22-15-18-23(19-16-22)37(41)42)36-27-13-7-3-9-21(27)17-20-29(36)35(30)33(39)24-10-4-5-11-25(24)34(35)40/h3-20,29-31H,2H2,1H3/t29-,30+,31+/m0/s1. The van der Waals surface area contributed by atoms with Gasteiger partial charge in [0.05, 0.1) is 17.6 Å². The van der Waals surface area contributed by atoms with Crippen LogP contribution in [0.2, 0.25) is 0 Å². The number of nitro benzene ring substituents is 1. The lowest BCUT2D eigenvalue weighted by Crippen LogP contribution is -2.48. The quantitative estimate of drug-likeness (QED) is 0.116. The van der Waals surface area contributed by atoms with Crippen LogP contribution in [0.4, 0.5) is 11.4 Å². The number of hydrogen-bond acceptors (Lipinski definition) is 7. The minimum Gasteiger partial charge on any atom is -0.494 e. The fourth-order valence-electron chi connectivity index (χ4n) is 7.20. The zero-order valence-corrected chi connectivity index (χ0v) is 23.2. The van der Waals surface area contributed by atoms with E-state index in [1.165, 1.54) is 24.3 Å². The molecule has 43 heavy (non-hydrogen) atoms. The summed E-state index contributed by atoms with van der Waals surface area (Å²) < 4.78 is 6.05. The maximum atomic E-state index is 14.8. The van der Waals surface area contributed by atoms with Crippen LogP contribution in [0.25, 0.3) is 6.08 Å². The number of fused-ring (bicyclic) bond motifs is 5. The molecule has 0 saturated carbocycles. The van der Waals surface area contributed by atoms with Crippen LogP contribution in [0.3, 0.4) is 0 Å². The molecule has 0 aromatic heterocycles. The third kappa shape index (κ3) is 3.65. The van der Waals surface area contributed by atoms with E-state index in [-0.39, 0.29) is 28.6 Å². The van der Waals surface area contributed by atoms with Crippen molar-refractivity contribution in [1.82, 2.24) is 0 Å². The second-order valence-corrected chi connectivity index (χ2v) is 10.9. The van der Waals surface area contributed by atoms with E-state index in [4.69, 9.17) is 4.74 Å². The van der Waals surface area contributed by atoms with Crippen molar-refractivity contribution in [3.8, 4) is 5.75 Å². The number of nitrogens with zero attached hydrogens (tertiary/aromatic N) is 2. The molecule has 8 nitrogen and oxygen atoms in total. The molecule has 4 aromatic carbocycles. The van der Waals surface area contributed by atoms with Crippen LogP contribution in [-0.2, 0) is 0 Å². The van der Waals surface area contributed by atoms with Crippen molar-refractivity contribution < 1.29 is 24.0 Å². The van der Waals surface area contributed by atoms with Gasteiger partial charge in [0.1, 0.15) is 17.2 Å². The zero-order valence-electron chi connectivity index (χ0n) is 23.2. The summed E-state index contributed by atoms with van der Waals surface area (Å²) in [4.78, 5) is 57.1. The predicted molar refractivity (Wildman–Crippen MR) is 161 cm³/mol. The van der Waals surface area contributed by atoms with Crippen molar-refractivity contribution in [1.29, 1.82) is 0 Å². The highest BCUT2D eigenvalue weighted by Gasteiger charge is 2.71. The van der Waals surface area contributed by atoms with Gasteiger partial charge >= 0.3 is 0 Å². The first-order valence-electron chi connectivity index (χ1n) is 14.1. The van der Waals surface area contributed by atoms with E-state index in [0.717, 1.165) is 11.3 Å². The second-order valence-electron chi connectivity index (χ2n) is 10.9. The lowest BCUT2D eigenvalue weighted by atomic mass is 9.64. The van der Waals surface area contributed by atoms with E-state index in [1.807, 2.05) is 66.4 Å². The number of carbonyl (C=O) groups is 3. The molecule has 3 atom stereocenters. The number of ether oxygens (including phenoxy) is 1. The van der Waals surface area contributed by atoms with Crippen LogP contribution in [-0.4, -0.2) is 41.0 Å². The largest absolute Gasteiger partial charge is 0.494 e. The van der Waals surface area contributed by atoms with E-state index in [1.54, 1.807) is 30.3 Å². The van der Waals surface area contributed by atoms with Crippen LogP contribution in [0.5, 0.6) is 5.75 Å². The Morgan fingerprint density at radius 1 is 0.884 bits per heavy atom. The topological polar surface area (TPSA) is 107 Å². The SMILES string of the molecule is CCOc1ccccc1[C@@H]1[C@H](C(=O)c2ccc([N+](=O)[O-])cc2)N2c3ccccc3C=C[C@H]2C12C(=O)c1ccccc1C2=O. The highest BCUT2D eigenvalue weighted by molar-refractivity contribution is 6.32. The first-order valence-corrected chi connectivity index (χ1v) is 14.1. The molecule has 212 valence electrons. The van der Waals surface area contributed by atoms with Crippen LogP contribution in [0.15, 0.2) is 103 Å². The van der Waals surface area contributed by atoms with Crippen LogP contribution < -0.4 is 9.64 Å². The molecule has 1 spiro atoms. The van der Waals surface area contributed by atoms with Crippen molar-refractivity contribution in [3.63, 3.8) is 0 Å². The first kappa shape index (κ1) is 26.5. The van der Waals surface area contributed by atoms with Gasteiger partial charge in [-0.15, -0.1) is 0 Å². The van der Waals surface area contributed by atoms with Gasteiger partial charge in [-0.1, -0.05) is 72.8 Å². The highest BCUT2D eigenvalue weighted by atomic mass is 16.6. The summed E-state index contributed by atoms with van der Waals surface area (Å²) in [5, 5.41) is 11.4. The Kier molecular flexibility index (Phi) is 6.09. The average Bonchev–Trinajstić information content (AvgIpc) is 3.47. The Morgan fingerprint density at radius 2 is 1.51 bits per heavy atom. The average molecular weight is 571 g/mol. The predicted octanol–water partition coefficient (Wildman–Crippen LogP) is 6.31. The molecule has 2 heterocycles. The molecular formula is C35H26N2O6. The molecule has 0 N–H and O–H groups in total. The third-order valence-electron chi connectivity index (χ3n) is 8.90. The second kappa shape index (κ2) is 9.87. The zero-order chi connectivity index (χ0) is 29.9. The maximum absolute atomic E-state index is 14.8. The molecule has 2 aliphatic heterocycles. The summed E-state index contributed by atoms with van der Waals surface area (Å²) in [5.74, 6) is -1.46. The molecule has 0 bridgehead atoms. The van der Waals surface area contributed by atoms with Crippen LogP contribution >= 0.6 is 0 Å². The van der Waals surface area contributed by atoms with Gasteiger partial charge in [0, 0.05) is 46.0 Å². The number of benzene rings is 4. The summed E-state index contributed by atoms with van der Waals surface area (Å²) in [5.41, 5.74) is 1.27. The van der Waals surface area contributed by atoms with Crippen LogP contribution in [0, 0.1) is 15.5 Å². The Labute approximate surface area is 247 Å². The van der Waals surface area contributed by atoms with Gasteiger partial charge < -0.3 is 9.64 Å². The van der Waals surface area contributed by atoms with Gasteiger partial charge in [0.2, 0.25) is 0 Å².